The zero-order valence-electron chi connectivity index (χ0n) is 17.6. The number of carbonyl (C=O) groups excluding carboxylic acids is 1. The average molecular weight is 424 g/mol. The molecule has 1 aromatic heterocycles. The fourth-order valence-corrected chi connectivity index (χ4v) is 3.91. The molecule has 0 bridgehead atoms. The van der Waals surface area contributed by atoms with Gasteiger partial charge in [-0.25, -0.2) is 9.37 Å². The summed E-state index contributed by atoms with van der Waals surface area (Å²) in [5.74, 6) is 1.49. The smallest absolute Gasteiger partial charge is 0.226 e. The number of piperidine rings is 1. The number of aromatic nitrogens is 1. The van der Waals surface area contributed by atoms with Gasteiger partial charge in [0.15, 0.2) is 17.3 Å². The lowest BCUT2D eigenvalue weighted by atomic mass is 9.88. The highest BCUT2D eigenvalue weighted by atomic mass is 19.1. The number of Topliss-reactive ketones (excluding diaryl/α,β-unsaturated/α-hetero) is 1. The largest absolute Gasteiger partial charge is 0.493 e. The molecule has 1 aliphatic rings. The number of ether oxygens (including phenoxy) is 2. The molecule has 0 N–H and O–H groups in total. The monoisotopic (exact) mass is 424 g/mol. The van der Waals surface area contributed by atoms with Crippen molar-refractivity contribution in [2.24, 2.45) is 5.92 Å². The maximum atomic E-state index is 13.1. The molecule has 0 saturated carbocycles. The number of rotatable bonds is 7. The second-order valence-corrected chi connectivity index (χ2v) is 7.64. The molecule has 0 radical (unpaired) electrons. The van der Waals surface area contributed by atoms with Crippen molar-refractivity contribution in [1.82, 2.24) is 9.88 Å². The van der Waals surface area contributed by atoms with E-state index in [1.54, 1.807) is 50.8 Å². The Morgan fingerprint density at radius 1 is 1.10 bits per heavy atom. The second kappa shape index (κ2) is 9.31. The first-order valence-corrected chi connectivity index (χ1v) is 10.3. The molecule has 1 saturated heterocycles. The topological polar surface area (TPSA) is 64.8 Å². The zero-order chi connectivity index (χ0) is 21.8. The van der Waals surface area contributed by atoms with Gasteiger partial charge < -0.3 is 13.9 Å². The Bertz CT molecular complexity index is 1040. The predicted molar refractivity (Wildman–Crippen MR) is 114 cm³/mol. The summed E-state index contributed by atoms with van der Waals surface area (Å²) in [4.78, 5) is 19.7. The van der Waals surface area contributed by atoms with Gasteiger partial charge in [0, 0.05) is 23.6 Å². The molecular formula is C24H25FN2O4. The lowest BCUT2D eigenvalue weighted by Gasteiger charge is -2.30. The number of halogens is 1. The summed E-state index contributed by atoms with van der Waals surface area (Å²) >= 11 is 0. The third-order valence-corrected chi connectivity index (χ3v) is 5.65. The number of ketones is 1. The van der Waals surface area contributed by atoms with Crippen LogP contribution in [0.5, 0.6) is 11.5 Å². The Kier molecular flexibility index (Phi) is 6.32. The van der Waals surface area contributed by atoms with Gasteiger partial charge in [0.1, 0.15) is 12.1 Å². The van der Waals surface area contributed by atoms with E-state index < -0.39 is 0 Å². The molecule has 4 rings (SSSR count). The fraction of sp³-hybridized carbons (Fsp3) is 0.333. The van der Waals surface area contributed by atoms with E-state index in [2.05, 4.69) is 9.88 Å². The fourth-order valence-electron chi connectivity index (χ4n) is 3.91. The van der Waals surface area contributed by atoms with E-state index in [1.807, 2.05) is 0 Å². The molecule has 0 atom stereocenters. The Hall–Kier alpha value is -3.19. The first-order valence-electron chi connectivity index (χ1n) is 10.3. The number of benzene rings is 2. The second-order valence-electron chi connectivity index (χ2n) is 7.64. The van der Waals surface area contributed by atoms with E-state index >= 15 is 0 Å². The summed E-state index contributed by atoms with van der Waals surface area (Å²) in [6.45, 7) is 2.27. The number of methoxy groups -OCH3 is 2. The molecule has 0 aliphatic carbocycles. The summed E-state index contributed by atoms with van der Waals surface area (Å²) in [6.07, 6.45) is 3.21. The van der Waals surface area contributed by atoms with Crippen LogP contribution in [0.4, 0.5) is 4.39 Å². The van der Waals surface area contributed by atoms with Crippen molar-refractivity contribution in [3.63, 3.8) is 0 Å². The Labute approximate surface area is 180 Å². The normalized spacial score (nSPS) is 15.1. The van der Waals surface area contributed by atoms with Crippen LogP contribution in [-0.2, 0) is 6.54 Å². The summed E-state index contributed by atoms with van der Waals surface area (Å²) in [7, 11) is 3.14. The first kappa shape index (κ1) is 21.1. The number of nitrogens with zero attached hydrogens (tertiary/aromatic N) is 2. The number of hydrogen-bond acceptors (Lipinski definition) is 6. The van der Waals surface area contributed by atoms with Gasteiger partial charge in [-0.2, -0.15) is 0 Å². The molecule has 0 unspecified atom stereocenters. The van der Waals surface area contributed by atoms with E-state index in [0.717, 1.165) is 37.2 Å². The molecule has 31 heavy (non-hydrogen) atoms. The first-order chi connectivity index (χ1) is 15.1. The van der Waals surface area contributed by atoms with Crippen molar-refractivity contribution in [2.75, 3.05) is 27.3 Å². The van der Waals surface area contributed by atoms with Gasteiger partial charge in [0.05, 0.1) is 19.9 Å². The van der Waals surface area contributed by atoms with Crippen molar-refractivity contribution in [2.45, 2.75) is 19.4 Å². The third-order valence-electron chi connectivity index (χ3n) is 5.65. The predicted octanol–water partition coefficient (Wildman–Crippen LogP) is 4.59. The van der Waals surface area contributed by atoms with Crippen LogP contribution in [0.25, 0.3) is 11.5 Å². The minimum Gasteiger partial charge on any atom is -0.493 e. The highest BCUT2D eigenvalue weighted by molar-refractivity contribution is 5.98. The summed E-state index contributed by atoms with van der Waals surface area (Å²) in [5.41, 5.74) is 2.22. The summed E-state index contributed by atoms with van der Waals surface area (Å²) in [6, 6.07) is 11.4. The molecule has 162 valence electrons. The maximum Gasteiger partial charge on any atom is 0.226 e. The Balaban J connectivity index is 1.34. The Morgan fingerprint density at radius 3 is 2.48 bits per heavy atom. The van der Waals surface area contributed by atoms with Crippen LogP contribution in [0.1, 0.15) is 28.9 Å². The van der Waals surface area contributed by atoms with Gasteiger partial charge in [-0.05, 0) is 68.4 Å². The van der Waals surface area contributed by atoms with E-state index in [1.165, 1.54) is 12.1 Å². The lowest BCUT2D eigenvalue weighted by molar-refractivity contribution is 0.0833. The van der Waals surface area contributed by atoms with Gasteiger partial charge in [-0.3, -0.25) is 9.69 Å². The standard InChI is InChI=1S/C24H25FN2O4/c1-29-21-8-5-18(13-22(21)30-2)23(28)16-9-11-27(12-10-16)14-20-15-31-24(26-20)17-3-6-19(25)7-4-17/h3-8,13,15-16H,9-12,14H2,1-2H3. The molecule has 3 aromatic rings. The van der Waals surface area contributed by atoms with Crippen molar-refractivity contribution in [1.29, 1.82) is 0 Å². The van der Waals surface area contributed by atoms with Crippen molar-refractivity contribution in [3.8, 4) is 23.0 Å². The molecule has 6 nitrogen and oxygen atoms in total. The lowest BCUT2D eigenvalue weighted by Crippen LogP contribution is -2.36. The summed E-state index contributed by atoms with van der Waals surface area (Å²) in [5, 5.41) is 0. The van der Waals surface area contributed by atoms with Crippen LogP contribution in [0.2, 0.25) is 0 Å². The van der Waals surface area contributed by atoms with E-state index in [4.69, 9.17) is 13.9 Å². The third kappa shape index (κ3) is 4.77. The van der Waals surface area contributed by atoms with Crippen LogP contribution in [0.3, 0.4) is 0 Å². The van der Waals surface area contributed by atoms with E-state index in [9.17, 15) is 9.18 Å². The molecule has 1 aliphatic heterocycles. The SMILES string of the molecule is COc1ccc(C(=O)C2CCN(Cc3coc(-c4ccc(F)cc4)n3)CC2)cc1OC. The number of carbonyl (C=O) groups is 1. The van der Waals surface area contributed by atoms with Crippen molar-refractivity contribution >= 4 is 5.78 Å². The highest BCUT2D eigenvalue weighted by Crippen LogP contribution is 2.30. The van der Waals surface area contributed by atoms with Crippen LogP contribution in [0, 0.1) is 11.7 Å². The van der Waals surface area contributed by atoms with Crippen molar-refractivity contribution in [3.05, 3.63) is 65.8 Å². The quantitative estimate of drug-likeness (QED) is 0.517. The highest BCUT2D eigenvalue weighted by Gasteiger charge is 2.27. The van der Waals surface area contributed by atoms with Crippen LogP contribution in [0.15, 0.2) is 53.1 Å². The van der Waals surface area contributed by atoms with Crippen molar-refractivity contribution < 1.29 is 23.1 Å². The molecule has 2 heterocycles. The maximum absolute atomic E-state index is 13.1. The van der Waals surface area contributed by atoms with Crippen LogP contribution >= 0.6 is 0 Å². The number of oxazole rings is 1. The van der Waals surface area contributed by atoms with Gasteiger partial charge in [-0.15, -0.1) is 0 Å². The summed E-state index contributed by atoms with van der Waals surface area (Å²) < 4.78 is 29.2. The molecule has 7 heteroatoms. The molecule has 0 spiro atoms. The number of likely N-dealkylation sites (tertiary alicyclic amines) is 1. The molecular weight excluding hydrogens is 399 g/mol. The van der Waals surface area contributed by atoms with Gasteiger partial charge >= 0.3 is 0 Å². The van der Waals surface area contributed by atoms with Gasteiger partial charge in [-0.1, -0.05) is 0 Å². The van der Waals surface area contributed by atoms with Crippen LogP contribution < -0.4 is 9.47 Å². The van der Waals surface area contributed by atoms with Crippen LogP contribution in [-0.4, -0.2) is 43.0 Å². The minimum absolute atomic E-state index is 0.0126. The Morgan fingerprint density at radius 2 is 1.81 bits per heavy atom. The molecule has 0 amide bonds. The van der Waals surface area contributed by atoms with E-state index in [0.29, 0.717) is 29.5 Å². The molecule has 2 aromatic carbocycles. The molecule has 1 fully saturated rings. The van der Waals surface area contributed by atoms with Gasteiger partial charge in [0.25, 0.3) is 0 Å². The van der Waals surface area contributed by atoms with E-state index in [-0.39, 0.29) is 17.5 Å². The minimum atomic E-state index is -0.291. The number of hydrogen-bond donors (Lipinski definition) is 0. The zero-order valence-corrected chi connectivity index (χ0v) is 17.6. The van der Waals surface area contributed by atoms with Gasteiger partial charge in [0.2, 0.25) is 5.89 Å². The average Bonchev–Trinajstić information content (AvgIpc) is 3.27.